The highest BCUT2D eigenvalue weighted by Gasteiger charge is 2.46. The highest BCUT2D eigenvalue weighted by Crippen LogP contribution is 2.46. The Labute approximate surface area is 139 Å². The van der Waals surface area contributed by atoms with Crippen LogP contribution in [-0.4, -0.2) is 37.2 Å². The highest BCUT2D eigenvalue weighted by molar-refractivity contribution is 5.89. The summed E-state index contributed by atoms with van der Waals surface area (Å²) in [6.45, 7) is 5.78. The molecule has 1 saturated heterocycles. The maximum Gasteiger partial charge on any atom is 0.321 e. The van der Waals surface area contributed by atoms with Crippen molar-refractivity contribution in [1.29, 1.82) is 0 Å². The van der Waals surface area contributed by atoms with Crippen LogP contribution in [0.2, 0.25) is 0 Å². The van der Waals surface area contributed by atoms with E-state index in [4.69, 9.17) is 4.74 Å². The van der Waals surface area contributed by atoms with Crippen molar-refractivity contribution in [3.05, 3.63) is 29.3 Å². The van der Waals surface area contributed by atoms with Gasteiger partial charge in [-0.1, -0.05) is 12.5 Å². The van der Waals surface area contributed by atoms with Crippen LogP contribution in [-0.2, 0) is 4.74 Å². The van der Waals surface area contributed by atoms with Crippen molar-refractivity contribution >= 4 is 11.7 Å². The van der Waals surface area contributed by atoms with Gasteiger partial charge in [-0.2, -0.15) is 0 Å². The van der Waals surface area contributed by atoms with E-state index in [2.05, 4.69) is 25.2 Å². The van der Waals surface area contributed by atoms with Crippen LogP contribution < -0.4 is 5.32 Å². The normalized spacial score (nSPS) is 27.4. The van der Waals surface area contributed by atoms with Crippen molar-refractivity contribution in [3.8, 4) is 0 Å². The van der Waals surface area contributed by atoms with Crippen LogP contribution in [0.5, 0.6) is 0 Å². The standard InChI is InChI=1S/C19H28N2O2/c1-14-10-15(2)12-16(11-14)20-18(22)21-9-5-8-19(13-21)7-4-6-17(19)23-3/h10-12,17H,4-9,13H2,1-3H3,(H,20,22)/t17-,19+/m1/s1. The molecule has 1 saturated carbocycles. The maximum atomic E-state index is 12.7. The van der Waals surface area contributed by atoms with Gasteiger partial charge in [0.25, 0.3) is 0 Å². The lowest BCUT2D eigenvalue weighted by Gasteiger charge is -2.43. The Balaban J connectivity index is 1.70. The van der Waals surface area contributed by atoms with Gasteiger partial charge >= 0.3 is 6.03 Å². The van der Waals surface area contributed by atoms with Gasteiger partial charge in [-0.3, -0.25) is 0 Å². The summed E-state index contributed by atoms with van der Waals surface area (Å²) in [4.78, 5) is 14.7. The number of rotatable bonds is 2. The zero-order chi connectivity index (χ0) is 16.4. The Morgan fingerprint density at radius 1 is 1.22 bits per heavy atom. The molecule has 3 rings (SSSR count). The van der Waals surface area contributed by atoms with Crippen LogP contribution in [0.4, 0.5) is 10.5 Å². The molecule has 2 atom stereocenters. The minimum Gasteiger partial charge on any atom is -0.381 e. The minimum absolute atomic E-state index is 0.0239. The number of piperidine rings is 1. The molecule has 4 nitrogen and oxygen atoms in total. The van der Waals surface area contributed by atoms with Gasteiger partial charge in [0.1, 0.15) is 0 Å². The van der Waals surface area contributed by atoms with Crippen LogP contribution in [0, 0.1) is 19.3 Å². The van der Waals surface area contributed by atoms with Gasteiger partial charge < -0.3 is 15.0 Å². The number of amides is 2. The quantitative estimate of drug-likeness (QED) is 0.892. The summed E-state index contributed by atoms with van der Waals surface area (Å²) in [6, 6.07) is 6.19. The minimum atomic E-state index is 0.0239. The van der Waals surface area contributed by atoms with Gasteiger partial charge in [-0.25, -0.2) is 4.79 Å². The second kappa shape index (κ2) is 6.52. The number of carbonyl (C=O) groups excluding carboxylic acids is 1. The monoisotopic (exact) mass is 316 g/mol. The third-order valence-electron chi connectivity index (χ3n) is 5.48. The predicted molar refractivity (Wildman–Crippen MR) is 92.8 cm³/mol. The first kappa shape index (κ1) is 16.3. The fourth-order valence-electron chi connectivity index (χ4n) is 4.52. The van der Waals surface area contributed by atoms with Gasteiger partial charge in [0.2, 0.25) is 0 Å². The molecule has 0 aromatic heterocycles. The molecule has 1 aliphatic heterocycles. The molecule has 126 valence electrons. The van der Waals surface area contributed by atoms with E-state index in [0.29, 0.717) is 6.10 Å². The lowest BCUT2D eigenvalue weighted by molar-refractivity contribution is -0.0244. The molecule has 1 spiro atoms. The van der Waals surface area contributed by atoms with Crippen molar-refractivity contribution in [3.63, 3.8) is 0 Å². The molecule has 0 radical (unpaired) electrons. The second-order valence-corrected chi connectivity index (χ2v) is 7.31. The molecule has 4 heteroatoms. The number of nitrogens with zero attached hydrogens (tertiary/aromatic N) is 1. The van der Waals surface area contributed by atoms with Crippen molar-refractivity contribution < 1.29 is 9.53 Å². The molecular formula is C19H28N2O2. The maximum absolute atomic E-state index is 12.7. The molecule has 2 aliphatic rings. The number of methoxy groups -OCH3 is 1. The number of hydrogen-bond acceptors (Lipinski definition) is 2. The lowest BCUT2D eigenvalue weighted by atomic mass is 9.76. The summed E-state index contributed by atoms with van der Waals surface area (Å²) < 4.78 is 5.72. The Kier molecular flexibility index (Phi) is 4.62. The Hall–Kier alpha value is -1.55. The van der Waals surface area contributed by atoms with Gasteiger partial charge in [-0.15, -0.1) is 0 Å². The number of nitrogens with one attached hydrogen (secondary N) is 1. The molecule has 0 unspecified atom stereocenters. The number of likely N-dealkylation sites (tertiary alicyclic amines) is 1. The molecule has 1 aromatic rings. The Morgan fingerprint density at radius 3 is 2.61 bits per heavy atom. The van der Waals surface area contributed by atoms with Crippen LogP contribution in [0.25, 0.3) is 0 Å². The number of aryl methyl sites for hydroxylation is 2. The number of urea groups is 1. The fraction of sp³-hybridized carbons (Fsp3) is 0.632. The topological polar surface area (TPSA) is 41.6 Å². The van der Waals surface area contributed by atoms with E-state index in [-0.39, 0.29) is 11.4 Å². The zero-order valence-corrected chi connectivity index (χ0v) is 14.5. The summed E-state index contributed by atoms with van der Waals surface area (Å²) in [5.41, 5.74) is 3.41. The molecule has 2 fully saturated rings. The number of anilines is 1. The largest absolute Gasteiger partial charge is 0.381 e. The molecule has 1 N–H and O–H groups in total. The van der Waals surface area contributed by atoms with E-state index < -0.39 is 0 Å². The fourth-order valence-corrected chi connectivity index (χ4v) is 4.52. The van der Waals surface area contributed by atoms with Gasteiger partial charge in [-0.05, 0) is 62.8 Å². The van der Waals surface area contributed by atoms with E-state index in [1.807, 2.05) is 24.1 Å². The average Bonchev–Trinajstić information content (AvgIpc) is 2.88. The average molecular weight is 316 g/mol. The van der Waals surface area contributed by atoms with Crippen LogP contribution in [0.1, 0.15) is 43.2 Å². The molecule has 23 heavy (non-hydrogen) atoms. The summed E-state index contributed by atoms with van der Waals surface area (Å²) in [7, 11) is 1.81. The van der Waals surface area contributed by atoms with Gasteiger partial charge in [0.05, 0.1) is 6.10 Å². The predicted octanol–water partition coefficient (Wildman–Crippen LogP) is 4.12. The number of carbonyl (C=O) groups is 1. The molecule has 1 heterocycles. The first-order valence-electron chi connectivity index (χ1n) is 8.69. The first-order valence-corrected chi connectivity index (χ1v) is 8.69. The number of ether oxygens (including phenoxy) is 1. The van der Waals surface area contributed by atoms with Gasteiger partial charge in [0, 0.05) is 31.3 Å². The summed E-state index contributed by atoms with van der Waals surface area (Å²) in [5, 5.41) is 3.08. The molecule has 2 amide bonds. The number of benzene rings is 1. The molecule has 1 aliphatic carbocycles. The Morgan fingerprint density at radius 2 is 1.91 bits per heavy atom. The first-order chi connectivity index (χ1) is 11.0. The molecular weight excluding hydrogens is 288 g/mol. The molecule has 0 bridgehead atoms. The van der Waals surface area contributed by atoms with E-state index >= 15 is 0 Å². The zero-order valence-electron chi connectivity index (χ0n) is 14.5. The summed E-state index contributed by atoms with van der Waals surface area (Å²) in [5.74, 6) is 0. The van der Waals surface area contributed by atoms with Crippen LogP contribution >= 0.6 is 0 Å². The number of hydrogen-bond donors (Lipinski definition) is 1. The third-order valence-corrected chi connectivity index (χ3v) is 5.48. The smallest absolute Gasteiger partial charge is 0.321 e. The highest BCUT2D eigenvalue weighted by atomic mass is 16.5. The third kappa shape index (κ3) is 3.37. The van der Waals surface area contributed by atoms with E-state index in [0.717, 1.165) is 31.6 Å². The van der Waals surface area contributed by atoms with Crippen molar-refractivity contribution in [2.75, 3.05) is 25.5 Å². The lowest BCUT2D eigenvalue weighted by Crippen LogP contribution is -2.51. The second-order valence-electron chi connectivity index (χ2n) is 7.31. The SMILES string of the molecule is CO[C@@H]1CCC[C@@]12CCCN(C(=O)Nc1cc(C)cc(C)c1)C2. The summed E-state index contributed by atoms with van der Waals surface area (Å²) >= 11 is 0. The summed E-state index contributed by atoms with van der Waals surface area (Å²) in [6.07, 6.45) is 6.07. The van der Waals surface area contributed by atoms with E-state index in [1.54, 1.807) is 0 Å². The van der Waals surface area contributed by atoms with Gasteiger partial charge in [0.15, 0.2) is 0 Å². The molecule has 1 aromatic carbocycles. The van der Waals surface area contributed by atoms with Crippen molar-refractivity contribution in [2.24, 2.45) is 5.41 Å². The van der Waals surface area contributed by atoms with Crippen LogP contribution in [0.3, 0.4) is 0 Å². The van der Waals surface area contributed by atoms with E-state index in [9.17, 15) is 4.79 Å². The van der Waals surface area contributed by atoms with Crippen LogP contribution in [0.15, 0.2) is 18.2 Å². The Bertz CT molecular complexity index is 566. The van der Waals surface area contributed by atoms with E-state index in [1.165, 1.54) is 30.4 Å². The van der Waals surface area contributed by atoms with Crippen molar-refractivity contribution in [1.82, 2.24) is 4.90 Å². The van der Waals surface area contributed by atoms with Crippen molar-refractivity contribution in [2.45, 2.75) is 52.1 Å².